The molecule has 2 saturated heterocycles. The molecule has 3 unspecified atom stereocenters. The number of pyridine rings is 1. The molecule has 8 nitrogen and oxygen atoms in total. The van der Waals surface area contributed by atoms with Crippen LogP contribution >= 0.6 is 0 Å². The molecule has 1 aromatic heterocycles. The number of imide groups is 1. The molecule has 3 atom stereocenters. The number of para-hydroxylation sites is 1. The first kappa shape index (κ1) is 14.7. The van der Waals surface area contributed by atoms with E-state index in [4.69, 9.17) is 10.6 Å². The van der Waals surface area contributed by atoms with Gasteiger partial charge in [-0.3, -0.25) is 29.5 Å². The summed E-state index contributed by atoms with van der Waals surface area (Å²) in [6.45, 7) is -0.229. The second-order valence-corrected chi connectivity index (χ2v) is 5.82. The van der Waals surface area contributed by atoms with E-state index in [9.17, 15) is 14.4 Å². The Morgan fingerprint density at radius 1 is 1.21 bits per heavy atom. The summed E-state index contributed by atoms with van der Waals surface area (Å²) < 4.78 is 0. The van der Waals surface area contributed by atoms with E-state index in [1.54, 1.807) is 6.07 Å². The van der Waals surface area contributed by atoms with Crippen molar-refractivity contribution in [2.24, 2.45) is 11.7 Å². The number of fused-ring (bicyclic) bond motifs is 2. The van der Waals surface area contributed by atoms with Gasteiger partial charge in [-0.05, 0) is 12.1 Å². The van der Waals surface area contributed by atoms with Gasteiger partial charge in [-0.25, -0.2) is 0 Å². The van der Waals surface area contributed by atoms with E-state index in [1.807, 2.05) is 30.3 Å². The van der Waals surface area contributed by atoms with Gasteiger partial charge in [0.15, 0.2) is 6.10 Å². The van der Waals surface area contributed by atoms with Gasteiger partial charge >= 0.3 is 0 Å². The summed E-state index contributed by atoms with van der Waals surface area (Å²) in [7, 11) is 0. The average Bonchev–Trinajstić information content (AvgIpc) is 3.04. The fourth-order valence-corrected chi connectivity index (χ4v) is 3.26. The predicted octanol–water partition coefficient (Wildman–Crippen LogP) is -0.350. The molecule has 4 rings (SSSR count). The molecule has 3 N–H and O–H groups in total. The minimum atomic E-state index is -0.963. The SMILES string of the molecule is NC(=O)CN1OC2C(=O)NC(=O)C2C1c1ccc2ccccc2n1. The Hall–Kier alpha value is -2.84. The van der Waals surface area contributed by atoms with E-state index in [0.29, 0.717) is 5.69 Å². The Kier molecular flexibility index (Phi) is 3.29. The topological polar surface area (TPSA) is 115 Å². The third-order valence-electron chi connectivity index (χ3n) is 4.27. The number of hydroxylamine groups is 2. The number of aromatic nitrogens is 1. The summed E-state index contributed by atoms with van der Waals surface area (Å²) in [6, 6.07) is 10.5. The Balaban J connectivity index is 1.79. The number of carbonyl (C=O) groups is 3. The molecule has 8 heteroatoms. The zero-order valence-corrected chi connectivity index (χ0v) is 12.5. The molecular formula is C16H14N4O4. The summed E-state index contributed by atoms with van der Waals surface area (Å²) >= 11 is 0. The van der Waals surface area contributed by atoms with Crippen molar-refractivity contribution in [3.8, 4) is 0 Å². The molecule has 0 aliphatic carbocycles. The smallest absolute Gasteiger partial charge is 0.258 e. The van der Waals surface area contributed by atoms with Crippen LogP contribution in [0.3, 0.4) is 0 Å². The summed E-state index contributed by atoms with van der Waals surface area (Å²) in [5.41, 5.74) is 6.56. The quantitative estimate of drug-likeness (QED) is 0.745. The Morgan fingerprint density at radius 3 is 2.79 bits per heavy atom. The van der Waals surface area contributed by atoms with Gasteiger partial charge in [-0.1, -0.05) is 24.3 Å². The monoisotopic (exact) mass is 326 g/mol. The van der Waals surface area contributed by atoms with Crippen LogP contribution in [-0.2, 0) is 19.2 Å². The molecule has 24 heavy (non-hydrogen) atoms. The maximum Gasteiger partial charge on any atom is 0.258 e. The molecule has 1 aromatic carbocycles. The molecular weight excluding hydrogens is 312 g/mol. The maximum absolute atomic E-state index is 12.2. The molecule has 0 bridgehead atoms. The zero-order chi connectivity index (χ0) is 16.8. The van der Waals surface area contributed by atoms with Crippen molar-refractivity contribution in [2.45, 2.75) is 12.1 Å². The van der Waals surface area contributed by atoms with Gasteiger partial charge in [0, 0.05) is 5.39 Å². The van der Waals surface area contributed by atoms with Gasteiger partial charge in [-0.2, -0.15) is 5.06 Å². The van der Waals surface area contributed by atoms with Crippen molar-refractivity contribution in [2.75, 3.05) is 6.54 Å². The van der Waals surface area contributed by atoms with E-state index in [0.717, 1.165) is 10.9 Å². The minimum Gasteiger partial charge on any atom is -0.368 e. The first-order chi connectivity index (χ1) is 11.5. The molecule has 122 valence electrons. The molecule has 3 heterocycles. The third-order valence-corrected chi connectivity index (χ3v) is 4.27. The van der Waals surface area contributed by atoms with Crippen LogP contribution in [0.4, 0.5) is 0 Å². The number of primary amides is 1. The van der Waals surface area contributed by atoms with E-state index in [2.05, 4.69) is 10.3 Å². The lowest BCUT2D eigenvalue weighted by Gasteiger charge is -2.23. The zero-order valence-electron chi connectivity index (χ0n) is 12.5. The number of hydrogen-bond donors (Lipinski definition) is 2. The van der Waals surface area contributed by atoms with Crippen LogP contribution in [0.25, 0.3) is 10.9 Å². The van der Waals surface area contributed by atoms with Crippen LogP contribution in [0.15, 0.2) is 36.4 Å². The fourth-order valence-electron chi connectivity index (χ4n) is 3.26. The van der Waals surface area contributed by atoms with E-state index in [-0.39, 0.29) is 6.54 Å². The lowest BCUT2D eigenvalue weighted by atomic mass is 9.93. The Labute approximate surface area is 136 Å². The summed E-state index contributed by atoms with van der Waals surface area (Å²) in [6.07, 6.45) is -0.963. The number of nitrogens with two attached hydrogens (primary N) is 1. The number of nitrogens with one attached hydrogen (secondary N) is 1. The largest absolute Gasteiger partial charge is 0.368 e. The predicted molar refractivity (Wildman–Crippen MR) is 81.9 cm³/mol. The summed E-state index contributed by atoms with van der Waals surface area (Å²) in [4.78, 5) is 45.4. The van der Waals surface area contributed by atoms with Crippen LogP contribution in [0, 0.1) is 5.92 Å². The number of amides is 3. The molecule has 2 fully saturated rings. The molecule has 2 aromatic rings. The molecule has 2 aliphatic rings. The summed E-state index contributed by atoms with van der Waals surface area (Å²) in [5.74, 6) is -2.32. The highest BCUT2D eigenvalue weighted by Gasteiger charge is 2.56. The van der Waals surface area contributed by atoms with Crippen molar-refractivity contribution >= 4 is 28.6 Å². The number of benzene rings is 1. The van der Waals surface area contributed by atoms with Crippen LogP contribution < -0.4 is 11.1 Å². The van der Waals surface area contributed by atoms with Gasteiger partial charge in [0.1, 0.15) is 6.54 Å². The second-order valence-electron chi connectivity index (χ2n) is 5.82. The lowest BCUT2D eigenvalue weighted by Crippen LogP contribution is -2.38. The van der Waals surface area contributed by atoms with Gasteiger partial charge in [0.05, 0.1) is 23.2 Å². The van der Waals surface area contributed by atoms with Gasteiger partial charge in [0.25, 0.3) is 5.91 Å². The van der Waals surface area contributed by atoms with Crippen molar-refractivity contribution < 1.29 is 19.2 Å². The van der Waals surface area contributed by atoms with E-state index in [1.165, 1.54) is 5.06 Å². The number of nitrogens with zero attached hydrogens (tertiary/aromatic N) is 2. The minimum absolute atomic E-state index is 0.229. The van der Waals surface area contributed by atoms with E-state index >= 15 is 0 Å². The molecule has 0 saturated carbocycles. The third kappa shape index (κ3) is 2.24. The molecule has 2 aliphatic heterocycles. The number of hydrogen-bond acceptors (Lipinski definition) is 6. The molecule has 0 radical (unpaired) electrons. The van der Waals surface area contributed by atoms with Crippen LogP contribution in [-0.4, -0.2) is 40.4 Å². The second kappa shape index (κ2) is 5.36. The van der Waals surface area contributed by atoms with Gasteiger partial charge in [0.2, 0.25) is 11.8 Å². The normalized spacial score (nSPS) is 26.6. The standard InChI is InChI=1S/C16H14N4O4/c17-11(21)7-20-13(12-14(24-20)16(23)19-15(12)22)10-6-5-8-3-1-2-4-9(8)18-10/h1-6,12-14H,7H2,(H2,17,21)(H,19,22,23). The highest BCUT2D eigenvalue weighted by atomic mass is 16.7. The first-order valence-electron chi connectivity index (χ1n) is 7.47. The lowest BCUT2D eigenvalue weighted by molar-refractivity contribution is -0.177. The van der Waals surface area contributed by atoms with Crippen LogP contribution in [0.5, 0.6) is 0 Å². The van der Waals surface area contributed by atoms with Crippen LogP contribution in [0.1, 0.15) is 11.7 Å². The molecule has 0 spiro atoms. The van der Waals surface area contributed by atoms with Crippen molar-refractivity contribution in [3.05, 3.63) is 42.1 Å². The first-order valence-corrected chi connectivity index (χ1v) is 7.47. The van der Waals surface area contributed by atoms with Crippen molar-refractivity contribution in [3.63, 3.8) is 0 Å². The highest BCUT2D eigenvalue weighted by Crippen LogP contribution is 2.41. The van der Waals surface area contributed by atoms with Crippen molar-refractivity contribution in [1.82, 2.24) is 15.4 Å². The highest BCUT2D eigenvalue weighted by molar-refractivity contribution is 6.07. The van der Waals surface area contributed by atoms with E-state index < -0.39 is 35.8 Å². The van der Waals surface area contributed by atoms with Crippen molar-refractivity contribution in [1.29, 1.82) is 0 Å². The maximum atomic E-state index is 12.2. The number of rotatable bonds is 3. The van der Waals surface area contributed by atoms with Gasteiger partial charge in [-0.15, -0.1) is 0 Å². The average molecular weight is 326 g/mol. The fraction of sp³-hybridized carbons (Fsp3) is 0.250. The summed E-state index contributed by atoms with van der Waals surface area (Å²) in [5, 5.41) is 4.49. The Morgan fingerprint density at radius 2 is 2.00 bits per heavy atom. The Bertz CT molecular complexity index is 868. The number of carbonyl (C=O) groups excluding carboxylic acids is 3. The van der Waals surface area contributed by atoms with Crippen LogP contribution in [0.2, 0.25) is 0 Å². The molecule has 3 amide bonds. The van der Waals surface area contributed by atoms with Gasteiger partial charge < -0.3 is 5.73 Å².